The molecule has 0 saturated carbocycles. The SMILES string of the molecule is O=C(NCCc1cc(F)c(Cl)cc1Cl)c1nccnc1C(F)(F)F. The summed E-state index contributed by atoms with van der Waals surface area (Å²) in [5.41, 5.74) is -1.86. The van der Waals surface area contributed by atoms with Gasteiger partial charge in [0.2, 0.25) is 0 Å². The Hall–Kier alpha value is -1.93. The molecule has 1 amide bonds. The Balaban J connectivity index is 2.06. The Kier molecular flexibility index (Phi) is 5.61. The minimum absolute atomic E-state index is 0.0759. The van der Waals surface area contributed by atoms with E-state index in [4.69, 9.17) is 23.2 Å². The Bertz CT molecular complexity index is 768. The van der Waals surface area contributed by atoms with Crippen LogP contribution in [0.1, 0.15) is 21.7 Å². The molecule has 0 aliphatic rings. The number of hydrogen-bond acceptors (Lipinski definition) is 3. The number of nitrogens with zero attached hydrogens (tertiary/aromatic N) is 2. The van der Waals surface area contributed by atoms with E-state index in [-0.39, 0.29) is 23.0 Å². The molecule has 0 atom stereocenters. The molecule has 0 radical (unpaired) electrons. The van der Waals surface area contributed by atoms with Crippen molar-refractivity contribution < 1.29 is 22.4 Å². The molecule has 10 heteroatoms. The number of amides is 1. The zero-order valence-electron chi connectivity index (χ0n) is 11.8. The molecule has 1 aromatic heterocycles. The zero-order chi connectivity index (χ0) is 17.9. The van der Waals surface area contributed by atoms with E-state index in [1.165, 1.54) is 6.07 Å². The molecule has 0 bridgehead atoms. The van der Waals surface area contributed by atoms with Crippen LogP contribution in [0.15, 0.2) is 24.5 Å². The third kappa shape index (κ3) is 4.33. The highest BCUT2D eigenvalue weighted by molar-refractivity contribution is 6.35. The van der Waals surface area contributed by atoms with Gasteiger partial charge >= 0.3 is 6.18 Å². The zero-order valence-corrected chi connectivity index (χ0v) is 13.3. The van der Waals surface area contributed by atoms with Crippen LogP contribution in [0.3, 0.4) is 0 Å². The third-order valence-electron chi connectivity index (χ3n) is 2.95. The van der Waals surface area contributed by atoms with Gasteiger partial charge in [0, 0.05) is 24.0 Å². The molecule has 0 spiro atoms. The van der Waals surface area contributed by atoms with Gasteiger partial charge in [0.1, 0.15) is 5.82 Å². The molecule has 1 N–H and O–H groups in total. The molecule has 24 heavy (non-hydrogen) atoms. The Morgan fingerprint density at radius 1 is 1.12 bits per heavy atom. The Morgan fingerprint density at radius 3 is 2.46 bits per heavy atom. The molecular formula is C14H9Cl2F4N3O. The second-order valence-electron chi connectivity index (χ2n) is 4.61. The van der Waals surface area contributed by atoms with Crippen molar-refractivity contribution in [1.82, 2.24) is 15.3 Å². The van der Waals surface area contributed by atoms with Crippen molar-refractivity contribution in [2.45, 2.75) is 12.6 Å². The number of aromatic nitrogens is 2. The molecule has 0 aliphatic carbocycles. The van der Waals surface area contributed by atoms with Gasteiger partial charge in [-0.25, -0.2) is 14.4 Å². The van der Waals surface area contributed by atoms with E-state index in [0.29, 0.717) is 5.56 Å². The number of halogens is 6. The van der Waals surface area contributed by atoms with E-state index in [2.05, 4.69) is 15.3 Å². The monoisotopic (exact) mass is 381 g/mol. The third-order valence-corrected chi connectivity index (χ3v) is 3.59. The molecular weight excluding hydrogens is 373 g/mol. The summed E-state index contributed by atoms with van der Waals surface area (Å²) in [6, 6.07) is 2.31. The van der Waals surface area contributed by atoms with E-state index in [1.807, 2.05) is 0 Å². The quantitative estimate of drug-likeness (QED) is 0.645. The highest BCUT2D eigenvalue weighted by Crippen LogP contribution is 2.29. The van der Waals surface area contributed by atoms with Gasteiger partial charge in [-0.05, 0) is 24.1 Å². The average Bonchev–Trinajstić information content (AvgIpc) is 2.51. The maximum Gasteiger partial charge on any atom is 0.435 e. The maximum absolute atomic E-state index is 13.4. The lowest BCUT2D eigenvalue weighted by Crippen LogP contribution is -2.29. The summed E-state index contributed by atoms with van der Waals surface area (Å²) in [6.45, 7) is -0.0759. The lowest BCUT2D eigenvalue weighted by molar-refractivity contribution is -0.141. The van der Waals surface area contributed by atoms with Crippen molar-refractivity contribution in [2.75, 3.05) is 6.54 Å². The number of nitrogens with one attached hydrogen (secondary N) is 1. The topological polar surface area (TPSA) is 54.9 Å². The van der Waals surface area contributed by atoms with Gasteiger partial charge in [0.15, 0.2) is 11.4 Å². The minimum atomic E-state index is -4.80. The molecule has 0 aliphatic heterocycles. The second-order valence-corrected chi connectivity index (χ2v) is 5.43. The summed E-state index contributed by atoms with van der Waals surface area (Å²) in [6.07, 6.45) is -2.88. The van der Waals surface area contributed by atoms with Gasteiger partial charge in [0.25, 0.3) is 5.91 Å². The van der Waals surface area contributed by atoms with E-state index in [0.717, 1.165) is 18.5 Å². The lowest BCUT2D eigenvalue weighted by atomic mass is 10.1. The fourth-order valence-electron chi connectivity index (χ4n) is 1.86. The first-order valence-electron chi connectivity index (χ1n) is 6.50. The van der Waals surface area contributed by atoms with Crippen molar-refractivity contribution in [3.05, 3.63) is 57.3 Å². The molecule has 4 nitrogen and oxygen atoms in total. The molecule has 0 saturated heterocycles. The van der Waals surface area contributed by atoms with Gasteiger partial charge < -0.3 is 5.32 Å². The van der Waals surface area contributed by atoms with Crippen molar-refractivity contribution in [3.8, 4) is 0 Å². The van der Waals surface area contributed by atoms with Crippen LogP contribution in [0.2, 0.25) is 10.0 Å². The molecule has 1 heterocycles. The first kappa shape index (κ1) is 18.4. The molecule has 0 unspecified atom stereocenters. The number of rotatable bonds is 4. The number of hydrogen-bond donors (Lipinski definition) is 1. The molecule has 1 aromatic carbocycles. The Morgan fingerprint density at radius 2 is 1.79 bits per heavy atom. The van der Waals surface area contributed by atoms with Gasteiger partial charge in [-0.2, -0.15) is 13.2 Å². The molecule has 2 aromatic rings. The van der Waals surface area contributed by atoms with Crippen molar-refractivity contribution in [2.24, 2.45) is 0 Å². The first-order valence-corrected chi connectivity index (χ1v) is 7.25. The highest BCUT2D eigenvalue weighted by atomic mass is 35.5. The van der Waals surface area contributed by atoms with E-state index >= 15 is 0 Å². The Labute approximate surface area is 143 Å². The normalized spacial score (nSPS) is 11.4. The van der Waals surface area contributed by atoms with E-state index in [1.54, 1.807) is 0 Å². The van der Waals surface area contributed by atoms with Gasteiger partial charge in [-0.15, -0.1) is 0 Å². The summed E-state index contributed by atoms with van der Waals surface area (Å²) in [5, 5.41) is 2.30. The number of carbonyl (C=O) groups excluding carboxylic acids is 1. The predicted octanol–water partition coefficient (Wildman–Crippen LogP) is 3.91. The highest BCUT2D eigenvalue weighted by Gasteiger charge is 2.37. The molecule has 2 rings (SSSR count). The van der Waals surface area contributed by atoms with Crippen LogP contribution in [0.5, 0.6) is 0 Å². The molecule has 128 valence electrons. The van der Waals surface area contributed by atoms with Crippen molar-refractivity contribution >= 4 is 29.1 Å². The van der Waals surface area contributed by atoms with Crippen molar-refractivity contribution in [3.63, 3.8) is 0 Å². The maximum atomic E-state index is 13.4. The number of benzene rings is 1. The average molecular weight is 382 g/mol. The summed E-state index contributed by atoms with van der Waals surface area (Å²) in [7, 11) is 0. The van der Waals surface area contributed by atoms with Gasteiger partial charge in [0.05, 0.1) is 5.02 Å². The fraction of sp³-hybridized carbons (Fsp3) is 0.214. The van der Waals surface area contributed by atoms with Crippen LogP contribution in [-0.4, -0.2) is 22.4 Å². The van der Waals surface area contributed by atoms with Crippen LogP contribution >= 0.6 is 23.2 Å². The van der Waals surface area contributed by atoms with Gasteiger partial charge in [-0.1, -0.05) is 23.2 Å². The summed E-state index contributed by atoms with van der Waals surface area (Å²) in [5.74, 6) is -1.73. The van der Waals surface area contributed by atoms with E-state index in [9.17, 15) is 22.4 Å². The predicted molar refractivity (Wildman–Crippen MR) is 79.5 cm³/mol. The second kappa shape index (κ2) is 7.31. The van der Waals surface area contributed by atoms with Gasteiger partial charge in [-0.3, -0.25) is 4.79 Å². The minimum Gasteiger partial charge on any atom is -0.350 e. The van der Waals surface area contributed by atoms with E-state index < -0.39 is 29.3 Å². The standard InChI is InChI=1S/C14H9Cl2F4N3O/c15-8-6-9(16)10(17)5-7(8)1-2-23-13(24)11-12(14(18,19)20)22-4-3-21-11/h3-6H,1-2H2,(H,23,24). The number of alkyl halides is 3. The number of carbonyl (C=O) groups is 1. The smallest absolute Gasteiger partial charge is 0.350 e. The fourth-order valence-corrected chi connectivity index (χ4v) is 2.34. The van der Waals surface area contributed by atoms with Crippen LogP contribution in [-0.2, 0) is 12.6 Å². The van der Waals surface area contributed by atoms with Crippen LogP contribution < -0.4 is 5.32 Å². The summed E-state index contributed by atoms with van der Waals surface area (Å²) >= 11 is 11.4. The summed E-state index contributed by atoms with van der Waals surface area (Å²) in [4.78, 5) is 18.4. The lowest BCUT2D eigenvalue weighted by Gasteiger charge is -2.11. The van der Waals surface area contributed by atoms with Crippen LogP contribution in [0, 0.1) is 5.82 Å². The van der Waals surface area contributed by atoms with Crippen molar-refractivity contribution in [1.29, 1.82) is 0 Å². The first-order chi connectivity index (χ1) is 11.2. The largest absolute Gasteiger partial charge is 0.435 e. The van der Waals surface area contributed by atoms with Crippen LogP contribution in [0.25, 0.3) is 0 Å². The molecule has 0 fully saturated rings. The summed E-state index contributed by atoms with van der Waals surface area (Å²) < 4.78 is 51.7. The van der Waals surface area contributed by atoms with Crippen LogP contribution in [0.4, 0.5) is 17.6 Å².